The van der Waals surface area contributed by atoms with E-state index in [9.17, 15) is 9.18 Å². The van der Waals surface area contributed by atoms with Crippen LogP contribution in [-0.4, -0.2) is 30.4 Å². The lowest BCUT2D eigenvalue weighted by molar-refractivity contribution is 0.0682. The second-order valence-corrected chi connectivity index (χ2v) is 5.19. The van der Waals surface area contributed by atoms with Crippen molar-refractivity contribution < 1.29 is 9.18 Å². The minimum absolute atomic E-state index is 0.141. The van der Waals surface area contributed by atoms with Crippen molar-refractivity contribution in [2.75, 3.05) is 19.6 Å². The summed E-state index contributed by atoms with van der Waals surface area (Å²) in [4.78, 5) is 14.3. The third-order valence-electron chi connectivity index (χ3n) is 3.48. The van der Waals surface area contributed by atoms with Crippen LogP contribution < -0.4 is 5.73 Å². The van der Waals surface area contributed by atoms with E-state index in [0.717, 1.165) is 25.9 Å². The van der Waals surface area contributed by atoms with Crippen molar-refractivity contribution >= 4 is 5.91 Å². The summed E-state index contributed by atoms with van der Waals surface area (Å²) in [7, 11) is 0. The molecule has 1 fully saturated rings. The van der Waals surface area contributed by atoms with Crippen LogP contribution in [0.3, 0.4) is 0 Å². The molecule has 1 saturated heterocycles. The molecule has 0 spiro atoms. The maximum Gasteiger partial charge on any atom is 0.255 e. The highest BCUT2D eigenvalue weighted by Gasteiger charge is 2.23. The number of hydrogen-bond donors (Lipinski definition) is 1. The summed E-state index contributed by atoms with van der Waals surface area (Å²) in [5, 5.41) is 0. The molecule has 1 aromatic carbocycles. The lowest BCUT2D eigenvalue weighted by Crippen LogP contribution is -2.39. The molecule has 1 unspecified atom stereocenters. The van der Waals surface area contributed by atoms with Gasteiger partial charge in [-0.1, -0.05) is 18.8 Å². The van der Waals surface area contributed by atoms with Crippen molar-refractivity contribution in [1.29, 1.82) is 0 Å². The van der Waals surface area contributed by atoms with Gasteiger partial charge in [0.15, 0.2) is 0 Å². The molecular formula is C16H19FN2O. The van der Waals surface area contributed by atoms with Gasteiger partial charge in [-0.25, -0.2) is 4.39 Å². The molecule has 4 heteroatoms. The standard InChI is InChI=1S/C16H19FN2O/c1-12-4-3-9-19(11-12)16(20)15-10-14(17)7-6-13(15)5-2-8-18/h6-7,10,12H,3-4,8-9,11,18H2,1H3. The summed E-state index contributed by atoms with van der Waals surface area (Å²) in [5.74, 6) is 5.48. The fourth-order valence-corrected chi connectivity index (χ4v) is 2.49. The third-order valence-corrected chi connectivity index (χ3v) is 3.48. The van der Waals surface area contributed by atoms with Crippen LogP contribution in [0.25, 0.3) is 0 Å². The van der Waals surface area contributed by atoms with Gasteiger partial charge in [0, 0.05) is 18.7 Å². The van der Waals surface area contributed by atoms with Gasteiger partial charge in [0.2, 0.25) is 0 Å². The van der Waals surface area contributed by atoms with Crippen molar-refractivity contribution in [1.82, 2.24) is 4.90 Å². The van der Waals surface area contributed by atoms with Crippen LogP contribution in [0.1, 0.15) is 35.7 Å². The number of piperidine rings is 1. The van der Waals surface area contributed by atoms with Gasteiger partial charge in [0.1, 0.15) is 5.82 Å². The number of benzene rings is 1. The van der Waals surface area contributed by atoms with Gasteiger partial charge in [0.05, 0.1) is 12.1 Å². The van der Waals surface area contributed by atoms with Gasteiger partial charge in [-0.15, -0.1) is 0 Å². The first-order valence-corrected chi connectivity index (χ1v) is 6.89. The first-order valence-electron chi connectivity index (χ1n) is 6.89. The van der Waals surface area contributed by atoms with E-state index in [1.807, 2.05) is 0 Å². The Labute approximate surface area is 119 Å². The normalized spacial score (nSPS) is 18.4. The topological polar surface area (TPSA) is 46.3 Å². The largest absolute Gasteiger partial charge is 0.338 e. The van der Waals surface area contributed by atoms with E-state index in [1.165, 1.54) is 12.1 Å². The summed E-state index contributed by atoms with van der Waals surface area (Å²) in [6.07, 6.45) is 2.12. The summed E-state index contributed by atoms with van der Waals surface area (Å²) in [6, 6.07) is 4.12. The molecule has 1 atom stereocenters. The number of rotatable bonds is 1. The third kappa shape index (κ3) is 3.37. The first kappa shape index (κ1) is 14.5. The summed E-state index contributed by atoms with van der Waals surface area (Å²) in [5.41, 5.74) is 6.23. The van der Waals surface area contributed by atoms with Crippen LogP contribution in [-0.2, 0) is 0 Å². The number of hydrogen-bond acceptors (Lipinski definition) is 2. The Morgan fingerprint density at radius 1 is 1.55 bits per heavy atom. The number of nitrogens with zero attached hydrogens (tertiary/aromatic N) is 1. The van der Waals surface area contributed by atoms with E-state index in [1.54, 1.807) is 11.0 Å². The van der Waals surface area contributed by atoms with E-state index in [-0.39, 0.29) is 12.5 Å². The van der Waals surface area contributed by atoms with Crippen molar-refractivity contribution in [2.24, 2.45) is 11.7 Å². The fourth-order valence-electron chi connectivity index (χ4n) is 2.49. The minimum atomic E-state index is -0.420. The Morgan fingerprint density at radius 3 is 3.05 bits per heavy atom. The zero-order chi connectivity index (χ0) is 14.5. The van der Waals surface area contributed by atoms with Gasteiger partial charge < -0.3 is 10.6 Å². The molecule has 0 bridgehead atoms. The van der Waals surface area contributed by atoms with Gasteiger partial charge in [-0.2, -0.15) is 0 Å². The number of amides is 1. The molecule has 2 rings (SSSR count). The molecule has 2 N–H and O–H groups in total. The maximum atomic E-state index is 13.4. The molecule has 1 aliphatic heterocycles. The monoisotopic (exact) mass is 274 g/mol. The molecule has 106 valence electrons. The number of likely N-dealkylation sites (tertiary alicyclic amines) is 1. The first-order chi connectivity index (χ1) is 9.61. The molecule has 0 radical (unpaired) electrons. The van der Waals surface area contributed by atoms with Gasteiger partial charge in [0.25, 0.3) is 5.91 Å². The van der Waals surface area contributed by atoms with Gasteiger partial charge in [-0.3, -0.25) is 4.79 Å². The Hall–Kier alpha value is -1.86. The highest BCUT2D eigenvalue weighted by atomic mass is 19.1. The molecule has 1 aromatic rings. The van der Waals surface area contributed by atoms with Gasteiger partial charge >= 0.3 is 0 Å². The molecule has 3 nitrogen and oxygen atoms in total. The number of halogens is 1. The Morgan fingerprint density at radius 2 is 2.35 bits per heavy atom. The SMILES string of the molecule is CC1CCCN(C(=O)c2cc(F)ccc2C#CCN)C1. The van der Waals surface area contributed by atoms with Crippen LogP contribution in [0.2, 0.25) is 0 Å². The van der Waals surface area contributed by atoms with Crippen LogP contribution in [0.15, 0.2) is 18.2 Å². The number of carbonyl (C=O) groups excluding carboxylic acids is 1. The second kappa shape index (κ2) is 6.53. The highest BCUT2D eigenvalue weighted by Crippen LogP contribution is 2.20. The Balaban J connectivity index is 2.30. The van der Waals surface area contributed by atoms with Crippen molar-refractivity contribution in [3.8, 4) is 11.8 Å². The van der Waals surface area contributed by atoms with Crippen molar-refractivity contribution in [2.45, 2.75) is 19.8 Å². The molecule has 1 heterocycles. The second-order valence-electron chi connectivity index (χ2n) is 5.19. The summed E-state index contributed by atoms with van der Waals surface area (Å²) in [6.45, 7) is 3.79. The van der Waals surface area contributed by atoms with E-state index >= 15 is 0 Å². The smallest absolute Gasteiger partial charge is 0.255 e. The van der Waals surface area contributed by atoms with Crippen LogP contribution in [0.4, 0.5) is 4.39 Å². The van der Waals surface area contributed by atoms with E-state index in [2.05, 4.69) is 18.8 Å². The quantitative estimate of drug-likeness (QED) is 0.796. The predicted octanol–water partition coefficient (Wildman–Crippen LogP) is 2.01. The Kier molecular flexibility index (Phi) is 4.75. The van der Waals surface area contributed by atoms with E-state index in [4.69, 9.17) is 5.73 Å². The summed E-state index contributed by atoms with van der Waals surface area (Å²) < 4.78 is 13.4. The highest BCUT2D eigenvalue weighted by molar-refractivity contribution is 5.96. The zero-order valence-electron chi connectivity index (χ0n) is 11.7. The van der Waals surface area contributed by atoms with Gasteiger partial charge in [-0.05, 0) is 37.0 Å². The number of carbonyl (C=O) groups is 1. The number of nitrogens with two attached hydrogens (primary N) is 1. The lowest BCUT2D eigenvalue weighted by Gasteiger charge is -2.31. The molecular weight excluding hydrogens is 255 g/mol. The van der Waals surface area contributed by atoms with Crippen LogP contribution in [0.5, 0.6) is 0 Å². The predicted molar refractivity (Wildman–Crippen MR) is 76.6 cm³/mol. The molecule has 0 aromatic heterocycles. The van der Waals surface area contributed by atoms with E-state index < -0.39 is 5.82 Å². The van der Waals surface area contributed by atoms with E-state index in [0.29, 0.717) is 17.0 Å². The molecule has 0 saturated carbocycles. The Bertz CT molecular complexity index is 559. The average molecular weight is 274 g/mol. The van der Waals surface area contributed by atoms with Crippen molar-refractivity contribution in [3.05, 3.63) is 35.1 Å². The molecule has 1 aliphatic rings. The van der Waals surface area contributed by atoms with Crippen LogP contribution >= 0.6 is 0 Å². The molecule has 0 aliphatic carbocycles. The zero-order valence-corrected chi connectivity index (χ0v) is 11.7. The fraction of sp³-hybridized carbons (Fsp3) is 0.438. The van der Waals surface area contributed by atoms with Crippen molar-refractivity contribution in [3.63, 3.8) is 0 Å². The molecule has 1 amide bonds. The average Bonchev–Trinajstić information content (AvgIpc) is 2.45. The molecule has 20 heavy (non-hydrogen) atoms. The lowest BCUT2D eigenvalue weighted by atomic mass is 9.98. The van der Waals surface area contributed by atoms with Crippen LogP contribution in [0, 0.1) is 23.6 Å². The maximum absolute atomic E-state index is 13.4. The minimum Gasteiger partial charge on any atom is -0.338 e. The summed E-state index contributed by atoms with van der Waals surface area (Å²) >= 11 is 0.